The number of benzene rings is 1. The first kappa shape index (κ1) is 25.0. The number of nitrogens with zero attached hydrogens (tertiary/aromatic N) is 2. The standard InChI is InChI=1S/C18H22N2O2.C2H6.CH3.Y/c1-11(2)16-17(21)15(14-10-5-4-7-12(14)3)18(22)20(19-16)13-8-6-9-13;1-2;;/h4-5,7,10-11,13,21H,6,8-9H2,1-3H3;1-2H3;1H3;/q;;-1;. The SMILES string of the molecule is CC.Cc1ccccc1-c1c(O)c(C(C)C)nn(C2CCC2)c1=O.[CH3-].[Y]. The molecule has 1 heterocycles. The van der Waals surface area contributed by atoms with E-state index in [4.69, 9.17) is 0 Å². The Balaban J connectivity index is 0.00000151. The van der Waals surface area contributed by atoms with Gasteiger partial charge in [0, 0.05) is 38.6 Å². The summed E-state index contributed by atoms with van der Waals surface area (Å²) >= 11 is 0. The first-order chi connectivity index (χ1) is 11.5. The molecule has 1 aliphatic rings. The molecule has 2 aromatic rings. The molecule has 0 bridgehead atoms. The van der Waals surface area contributed by atoms with E-state index < -0.39 is 0 Å². The van der Waals surface area contributed by atoms with Crippen molar-refractivity contribution < 1.29 is 37.8 Å². The van der Waals surface area contributed by atoms with E-state index in [0.717, 1.165) is 30.4 Å². The molecule has 1 aliphatic carbocycles. The summed E-state index contributed by atoms with van der Waals surface area (Å²) in [5.74, 6) is 0.0968. The van der Waals surface area contributed by atoms with E-state index in [1.807, 2.05) is 58.9 Å². The Morgan fingerprint density at radius 3 is 2.23 bits per heavy atom. The van der Waals surface area contributed by atoms with Crippen molar-refractivity contribution in [3.8, 4) is 16.9 Å². The van der Waals surface area contributed by atoms with Crippen LogP contribution >= 0.6 is 0 Å². The maximum Gasteiger partial charge on any atom is 0.278 e. The minimum Gasteiger partial charge on any atom is -0.505 e. The van der Waals surface area contributed by atoms with E-state index in [2.05, 4.69) is 5.10 Å². The van der Waals surface area contributed by atoms with E-state index in [1.54, 1.807) is 4.68 Å². The minimum absolute atomic E-state index is 0. The van der Waals surface area contributed by atoms with Crippen molar-refractivity contribution in [1.29, 1.82) is 0 Å². The average molecular weight is 432 g/mol. The molecule has 1 saturated carbocycles. The Hall–Kier alpha value is -0.996. The number of hydrogen-bond donors (Lipinski definition) is 1. The van der Waals surface area contributed by atoms with Crippen molar-refractivity contribution in [3.63, 3.8) is 0 Å². The van der Waals surface area contributed by atoms with Gasteiger partial charge in [0.05, 0.1) is 11.6 Å². The van der Waals surface area contributed by atoms with Gasteiger partial charge in [0.1, 0.15) is 5.69 Å². The molecule has 4 nitrogen and oxygen atoms in total. The summed E-state index contributed by atoms with van der Waals surface area (Å²) in [7, 11) is 0. The molecule has 1 N–H and O–H groups in total. The smallest absolute Gasteiger partial charge is 0.278 e. The van der Waals surface area contributed by atoms with E-state index in [0.29, 0.717) is 11.3 Å². The Labute approximate surface area is 182 Å². The molecule has 1 aromatic carbocycles. The maximum absolute atomic E-state index is 12.9. The summed E-state index contributed by atoms with van der Waals surface area (Å²) in [5, 5.41) is 15.1. The van der Waals surface area contributed by atoms with Gasteiger partial charge in [-0.1, -0.05) is 52.0 Å². The van der Waals surface area contributed by atoms with Gasteiger partial charge < -0.3 is 12.5 Å². The Bertz CT molecular complexity index is 765. The average Bonchev–Trinajstić information content (AvgIpc) is 2.51. The van der Waals surface area contributed by atoms with Gasteiger partial charge in [-0.3, -0.25) is 4.79 Å². The number of aromatic hydroxyl groups is 1. The van der Waals surface area contributed by atoms with E-state index in [1.165, 1.54) is 0 Å². The second kappa shape index (κ2) is 11.0. The molecule has 141 valence electrons. The summed E-state index contributed by atoms with van der Waals surface area (Å²) in [4.78, 5) is 12.9. The predicted octanol–water partition coefficient (Wildman–Crippen LogP) is 5.25. The van der Waals surface area contributed by atoms with E-state index >= 15 is 0 Å². The first-order valence-corrected chi connectivity index (χ1v) is 8.92. The predicted molar refractivity (Wildman–Crippen MR) is 105 cm³/mol. The Morgan fingerprint density at radius 1 is 1.19 bits per heavy atom. The van der Waals surface area contributed by atoms with Crippen LogP contribution in [0.15, 0.2) is 29.1 Å². The molecule has 0 spiro atoms. The van der Waals surface area contributed by atoms with Gasteiger partial charge >= 0.3 is 0 Å². The van der Waals surface area contributed by atoms with Gasteiger partial charge in [-0.2, -0.15) is 5.10 Å². The molecule has 0 saturated heterocycles. The zero-order chi connectivity index (χ0) is 17.9. The van der Waals surface area contributed by atoms with Crippen LogP contribution in [0.4, 0.5) is 0 Å². The molecule has 0 unspecified atom stereocenters. The molecule has 0 aliphatic heterocycles. The third-order valence-electron chi connectivity index (χ3n) is 4.50. The van der Waals surface area contributed by atoms with Crippen LogP contribution in [0.3, 0.4) is 0 Å². The Morgan fingerprint density at radius 2 is 1.77 bits per heavy atom. The molecule has 1 aromatic heterocycles. The van der Waals surface area contributed by atoms with Crippen LogP contribution in [-0.2, 0) is 32.7 Å². The number of aryl methyl sites for hydroxylation is 1. The fourth-order valence-electron chi connectivity index (χ4n) is 2.92. The zero-order valence-electron chi connectivity index (χ0n) is 16.9. The zero-order valence-corrected chi connectivity index (χ0v) is 19.8. The maximum atomic E-state index is 12.9. The van der Waals surface area contributed by atoms with Gasteiger partial charge in [0.15, 0.2) is 5.75 Å². The summed E-state index contributed by atoms with van der Waals surface area (Å²) in [5.41, 5.74) is 2.59. The van der Waals surface area contributed by atoms with Crippen LogP contribution in [0.25, 0.3) is 11.1 Å². The van der Waals surface area contributed by atoms with Gasteiger partial charge in [0.25, 0.3) is 5.56 Å². The Kier molecular flexibility index (Phi) is 10.6. The second-order valence-corrected chi connectivity index (χ2v) is 6.41. The molecule has 5 heteroatoms. The summed E-state index contributed by atoms with van der Waals surface area (Å²) in [6.45, 7) is 9.93. The summed E-state index contributed by atoms with van der Waals surface area (Å²) < 4.78 is 1.60. The molecule has 0 amide bonds. The van der Waals surface area contributed by atoms with Crippen LogP contribution in [0.5, 0.6) is 5.75 Å². The van der Waals surface area contributed by atoms with Crippen LogP contribution in [0.1, 0.15) is 70.2 Å². The number of rotatable bonds is 3. The largest absolute Gasteiger partial charge is 0.505 e. The topological polar surface area (TPSA) is 55.1 Å². The fourth-order valence-corrected chi connectivity index (χ4v) is 2.92. The summed E-state index contributed by atoms with van der Waals surface area (Å²) in [6, 6.07) is 7.85. The van der Waals surface area contributed by atoms with Crippen molar-refractivity contribution in [2.45, 2.75) is 65.8 Å². The third-order valence-corrected chi connectivity index (χ3v) is 4.50. The molecule has 0 atom stereocenters. The van der Waals surface area contributed by atoms with Crippen molar-refractivity contribution in [2.75, 3.05) is 0 Å². The first-order valence-electron chi connectivity index (χ1n) is 8.92. The molecule has 1 fully saturated rings. The van der Waals surface area contributed by atoms with Crippen LogP contribution < -0.4 is 5.56 Å². The van der Waals surface area contributed by atoms with E-state index in [9.17, 15) is 9.90 Å². The van der Waals surface area contributed by atoms with Crippen LogP contribution in [0.2, 0.25) is 0 Å². The van der Waals surface area contributed by atoms with Gasteiger partial charge in [0.2, 0.25) is 0 Å². The molecule has 3 rings (SSSR count). The molecular weight excluding hydrogens is 401 g/mol. The quantitative estimate of drug-likeness (QED) is 0.675. The monoisotopic (exact) mass is 432 g/mol. The summed E-state index contributed by atoms with van der Waals surface area (Å²) in [6.07, 6.45) is 3.11. The number of hydrogen-bond acceptors (Lipinski definition) is 3. The van der Waals surface area contributed by atoms with Crippen LogP contribution in [-0.4, -0.2) is 14.9 Å². The third kappa shape index (κ3) is 4.83. The number of aromatic nitrogens is 2. The van der Waals surface area contributed by atoms with Crippen molar-refractivity contribution in [1.82, 2.24) is 9.78 Å². The molecule has 1 radical (unpaired) electrons. The fraction of sp³-hybridized carbons (Fsp3) is 0.476. The molecule has 26 heavy (non-hydrogen) atoms. The van der Waals surface area contributed by atoms with Crippen molar-refractivity contribution >= 4 is 0 Å². The minimum atomic E-state index is -0.180. The van der Waals surface area contributed by atoms with Gasteiger partial charge in [-0.15, -0.1) is 0 Å². The van der Waals surface area contributed by atoms with Crippen LogP contribution in [0, 0.1) is 14.4 Å². The normalized spacial score (nSPS) is 13.0. The second-order valence-electron chi connectivity index (χ2n) is 6.41. The van der Waals surface area contributed by atoms with Crippen molar-refractivity contribution in [2.24, 2.45) is 0 Å². The van der Waals surface area contributed by atoms with Gasteiger partial charge in [-0.05, 0) is 37.3 Å². The van der Waals surface area contributed by atoms with Gasteiger partial charge in [-0.25, -0.2) is 4.68 Å². The van der Waals surface area contributed by atoms with Crippen molar-refractivity contribution in [3.05, 3.63) is 53.3 Å². The van der Waals surface area contributed by atoms with E-state index in [-0.39, 0.29) is 63.4 Å². The molecular formula is C21H31N2O2Y-.